The SMILES string of the molecule is CCCn1ncc(C(=O)NCc2nc(COC)no2)c1C. The van der Waals surface area contributed by atoms with Gasteiger partial charge in [-0.1, -0.05) is 12.1 Å². The lowest BCUT2D eigenvalue weighted by Gasteiger charge is -2.04. The summed E-state index contributed by atoms with van der Waals surface area (Å²) in [7, 11) is 1.55. The third-order valence-electron chi connectivity index (χ3n) is 2.97. The molecule has 21 heavy (non-hydrogen) atoms. The van der Waals surface area contributed by atoms with E-state index in [0.717, 1.165) is 18.7 Å². The molecule has 8 heteroatoms. The van der Waals surface area contributed by atoms with Crippen LogP contribution in [0.1, 0.15) is 41.1 Å². The molecule has 2 rings (SSSR count). The smallest absolute Gasteiger partial charge is 0.255 e. The zero-order valence-electron chi connectivity index (χ0n) is 12.4. The van der Waals surface area contributed by atoms with Gasteiger partial charge in [0.05, 0.1) is 18.3 Å². The van der Waals surface area contributed by atoms with Gasteiger partial charge in [0, 0.05) is 19.3 Å². The lowest BCUT2D eigenvalue weighted by molar-refractivity contribution is 0.0945. The van der Waals surface area contributed by atoms with Gasteiger partial charge in [-0.25, -0.2) is 0 Å². The van der Waals surface area contributed by atoms with Crippen LogP contribution in [-0.2, 0) is 24.4 Å². The second kappa shape index (κ2) is 6.98. The summed E-state index contributed by atoms with van der Waals surface area (Å²) in [5.74, 6) is 0.587. The minimum absolute atomic E-state index is 0.175. The van der Waals surface area contributed by atoms with Gasteiger partial charge in [-0.2, -0.15) is 10.1 Å². The number of aryl methyl sites for hydroxylation is 1. The summed E-state index contributed by atoms with van der Waals surface area (Å²) in [5, 5.41) is 10.7. The van der Waals surface area contributed by atoms with Crippen molar-refractivity contribution < 1.29 is 14.1 Å². The Balaban J connectivity index is 1.94. The molecule has 1 N–H and O–H groups in total. The number of aromatic nitrogens is 4. The van der Waals surface area contributed by atoms with Crippen molar-refractivity contribution in [3.8, 4) is 0 Å². The van der Waals surface area contributed by atoms with Crippen LogP contribution >= 0.6 is 0 Å². The van der Waals surface area contributed by atoms with E-state index < -0.39 is 0 Å². The van der Waals surface area contributed by atoms with Crippen molar-refractivity contribution in [3.63, 3.8) is 0 Å². The van der Waals surface area contributed by atoms with Crippen LogP contribution < -0.4 is 5.32 Å². The van der Waals surface area contributed by atoms with E-state index in [2.05, 4.69) is 27.5 Å². The molecule has 0 aromatic carbocycles. The van der Waals surface area contributed by atoms with Crippen LogP contribution in [-0.4, -0.2) is 32.9 Å². The fraction of sp³-hybridized carbons (Fsp3) is 0.538. The van der Waals surface area contributed by atoms with E-state index in [-0.39, 0.29) is 19.1 Å². The monoisotopic (exact) mass is 293 g/mol. The third-order valence-corrected chi connectivity index (χ3v) is 2.97. The molecule has 8 nitrogen and oxygen atoms in total. The molecule has 1 amide bonds. The highest BCUT2D eigenvalue weighted by Crippen LogP contribution is 2.08. The summed E-state index contributed by atoms with van der Waals surface area (Å²) in [5.41, 5.74) is 1.40. The first kappa shape index (κ1) is 15.2. The van der Waals surface area contributed by atoms with Crippen LogP contribution in [0.2, 0.25) is 0 Å². The average Bonchev–Trinajstić information content (AvgIpc) is 3.05. The Morgan fingerprint density at radius 1 is 1.52 bits per heavy atom. The molecule has 0 radical (unpaired) electrons. The molecular weight excluding hydrogens is 274 g/mol. The van der Waals surface area contributed by atoms with E-state index in [1.165, 1.54) is 0 Å². The molecule has 2 aromatic rings. The molecule has 114 valence electrons. The fourth-order valence-electron chi connectivity index (χ4n) is 1.91. The number of rotatable bonds is 7. The van der Waals surface area contributed by atoms with Crippen molar-refractivity contribution in [1.82, 2.24) is 25.2 Å². The molecule has 0 bridgehead atoms. The predicted octanol–water partition coefficient (Wildman–Crippen LogP) is 1.06. The Morgan fingerprint density at radius 2 is 2.33 bits per heavy atom. The van der Waals surface area contributed by atoms with E-state index in [0.29, 0.717) is 17.3 Å². The van der Waals surface area contributed by atoms with Gasteiger partial charge in [0.1, 0.15) is 6.61 Å². The molecule has 0 saturated carbocycles. The van der Waals surface area contributed by atoms with Gasteiger partial charge in [-0.3, -0.25) is 9.48 Å². The van der Waals surface area contributed by atoms with Gasteiger partial charge >= 0.3 is 0 Å². The number of hydrogen-bond acceptors (Lipinski definition) is 6. The first-order chi connectivity index (χ1) is 10.2. The fourth-order valence-corrected chi connectivity index (χ4v) is 1.91. The first-order valence-electron chi connectivity index (χ1n) is 6.76. The molecule has 2 heterocycles. The highest BCUT2D eigenvalue weighted by atomic mass is 16.5. The third kappa shape index (κ3) is 3.66. The number of hydrogen-bond donors (Lipinski definition) is 1. The highest BCUT2D eigenvalue weighted by Gasteiger charge is 2.15. The van der Waals surface area contributed by atoms with Crippen LogP contribution in [0, 0.1) is 6.92 Å². The number of carbonyl (C=O) groups is 1. The molecule has 0 unspecified atom stereocenters. The topological polar surface area (TPSA) is 95.1 Å². The summed E-state index contributed by atoms with van der Waals surface area (Å²) in [6.07, 6.45) is 2.54. The number of carbonyl (C=O) groups excluding carboxylic acids is 1. The number of nitrogens with zero attached hydrogens (tertiary/aromatic N) is 4. The minimum Gasteiger partial charge on any atom is -0.377 e. The summed E-state index contributed by atoms with van der Waals surface area (Å²) in [4.78, 5) is 16.2. The number of methoxy groups -OCH3 is 1. The van der Waals surface area contributed by atoms with Crippen molar-refractivity contribution in [2.45, 2.75) is 40.0 Å². The molecule has 0 aliphatic carbocycles. The first-order valence-corrected chi connectivity index (χ1v) is 6.76. The maximum Gasteiger partial charge on any atom is 0.255 e. The van der Waals surface area contributed by atoms with Gasteiger partial charge < -0.3 is 14.6 Å². The lowest BCUT2D eigenvalue weighted by Crippen LogP contribution is -2.23. The van der Waals surface area contributed by atoms with Crippen LogP contribution in [0.4, 0.5) is 0 Å². The molecule has 0 fully saturated rings. The van der Waals surface area contributed by atoms with Crippen molar-refractivity contribution in [1.29, 1.82) is 0 Å². The van der Waals surface area contributed by atoms with E-state index in [4.69, 9.17) is 9.26 Å². The number of ether oxygens (including phenoxy) is 1. The summed E-state index contributed by atoms with van der Waals surface area (Å²) in [6, 6.07) is 0. The number of amides is 1. The maximum atomic E-state index is 12.1. The Bertz CT molecular complexity index is 605. The van der Waals surface area contributed by atoms with Gasteiger partial charge in [-0.15, -0.1) is 0 Å². The molecular formula is C13H19N5O3. The summed E-state index contributed by atoms with van der Waals surface area (Å²) in [6.45, 7) is 5.19. The maximum absolute atomic E-state index is 12.1. The molecule has 2 aromatic heterocycles. The second-order valence-corrected chi connectivity index (χ2v) is 4.59. The van der Waals surface area contributed by atoms with E-state index in [1.807, 2.05) is 11.6 Å². The van der Waals surface area contributed by atoms with Crippen molar-refractivity contribution >= 4 is 5.91 Å². The Hall–Kier alpha value is -2.22. The van der Waals surface area contributed by atoms with Crippen molar-refractivity contribution in [2.24, 2.45) is 0 Å². The van der Waals surface area contributed by atoms with Crippen LogP contribution in [0.5, 0.6) is 0 Å². The van der Waals surface area contributed by atoms with Crippen LogP contribution in [0.3, 0.4) is 0 Å². The van der Waals surface area contributed by atoms with Crippen molar-refractivity contribution in [2.75, 3.05) is 7.11 Å². The second-order valence-electron chi connectivity index (χ2n) is 4.59. The lowest BCUT2D eigenvalue weighted by atomic mass is 10.2. The van der Waals surface area contributed by atoms with Gasteiger partial charge in [0.2, 0.25) is 5.89 Å². The van der Waals surface area contributed by atoms with Gasteiger partial charge in [0.15, 0.2) is 5.82 Å². The summed E-state index contributed by atoms with van der Waals surface area (Å²) >= 11 is 0. The molecule has 0 saturated heterocycles. The van der Waals surface area contributed by atoms with Gasteiger partial charge in [0.25, 0.3) is 5.91 Å². The molecule has 0 aliphatic rings. The highest BCUT2D eigenvalue weighted by molar-refractivity contribution is 5.94. The molecule has 0 atom stereocenters. The van der Waals surface area contributed by atoms with Gasteiger partial charge in [-0.05, 0) is 13.3 Å². The number of nitrogens with one attached hydrogen (secondary N) is 1. The van der Waals surface area contributed by atoms with E-state index in [1.54, 1.807) is 13.3 Å². The zero-order valence-corrected chi connectivity index (χ0v) is 12.4. The molecule has 0 spiro atoms. The molecule has 0 aliphatic heterocycles. The Labute approximate surface area is 122 Å². The van der Waals surface area contributed by atoms with Crippen LogP contribution in [0.15, 0.2) is 10.7 Å². The standard InChI is InChI=1S/C13H19N5O3/c1-4-5-18-9(2)10(6-15-18)13(19)14-7-12-16-11(8-20-3)17-21-12/h6H,4-5,7-8H2,1-3H3,(H,14,19). The Morgan fingerprint density at radius 3 is 3.05 bits per heavy atom. The summed E-state index contributed by atoms with van der Waals surface area (Å²) < 4.78 is 11.7. The Kier molecular flexibility index (Phi) is 5.04. The predicted molar refractivity (Wildman–Crippen MR) is 73.4 cm³/mol. The van der Waals surface area contributed by atoms with E-state index in [9.17, 15) is 4.79 Å². The van der Waals surface area contributed by atoms with E-state index >= 15 is 0 Å². The minimum atomic E-state index is -0.207. The average molecular weight is 293 g/mol. The zero-order chi connectivity index (χ0) is 15.2. The van der Waals surface area contributed by atoms with Crippen LogP contribution in [0.25, 0.3) is 0 Å². The quantitative estimate of drug-likeness (QED) is 0.820. The van der Waals surface area contributed by atoms with Crippen molar-refractivity contribution in [3.05, 3.63) is 29.2 Å². The normalized spacial score (nSPS) is 10.8. The largest absolute Gasteiger partial charge is 0.377 e.